The van der Waals surface area contributed by atoms with Gasteiger partial charge < -0.3 is 15.4 Å². The highest BCUT2D eigenvalue weighted by Crippen LogP contribution is 2.23. The maximum atomic E-state index is 12.2. The summed E-state index contributed by atoms with van der Waals surface area (Å²) < 4.78 is 5.32. The third-order valence-corrected chi connectivity index (χ3v) is 5.48. The molecule has 1 heterocycles. The van der Waals surface area contributed by atoms with E-state index in [1.165, 1.54) is 6.42 Å². The predicted molar refractivity (Wildman–Crippen MR) is 104 cm³/mol. The molecule has 0 radical (unpaired) electrons. The van der Waals surface area contributed by atoms with Crippen molar-refractivity contribution < 1.29 is 14.3 Å². The Kier molecular flexibility index (Phi) is 7.66. The number of carbonyl (C=O) groups is 2. The maximum absolute atomic E-state index is 12.2. The number of ether oxygens (including phenoxy) is 1. The molecule has 1 aromatic carbocycles. The van der Waals surface area contributed by atoms with Gasteiger partial charge in [0.2, 0.25) is 5.91 Å². The molecule has 1 aliphatic heterocycles. The molecular weight excluding hydrogens is 342 g/mol. The molecule has 27 heavy (non-hydrogen) atoms. The van der Waals surface area contributed by atoms with Crippen LogP contribution < -0.4 is 10.6 Å². The van der Waals surface area contributed by atoms with E-state index in [1.807, 2.05) is 24.3 Å². The Balaban J connectivity index is 1.38. The lowest BCUT2D eigenvalue weighted by Crippen LogP contribution is -2.41. The second kappa shape index (κ2) is 10.4. The highest BCUT2D eigenvalue weighted by molar-refractivity contribution is 5.94. The van der Waals surface area contributed by atoms with Gasteiger partial charge in [0.15, 0.2) is 0 Å². The Morgan fingerprint density at radius 1 is 1.00 bits per heavy atom. The fraction of sp³-hybridized carbons (Fsp3) is 0.619. The summed E-state index contributed by atoms with van der Waals surface area (Å²) in [5.74, 6) is 0.288. The fourth-order valence-corrected chi connectivity index (χ4v) is 3.73. The minimum atomic E-state index is -0.0546. The number of benzene rings is 1. The zero-order valence-electron chi connectivity index (χ0n) is 16.0. The Hall–Kier alpha value is -1.92. The quantitative estimate of drug-likeness (QED) is 0.766. The van der Waals surface area contributed by atoms with E-state index in [2.05, 4.69) is 15.5 Å². The predicted octanol–water partition coefficient (Wildman–Crippen LogP) is 1.95. The van der Waals surface area contributed by atoms with Crippen LogP contribution in [0.25, 0.3) is 0 Å². The summed E-state index contributed by atoms with van der Waals surface area (Å²) >= 11 is 0. The number of nitrogens with one attached hydrogen (secondary N) is 2. The van der Waals surface area contributed by atoms with Crippen LogP contribution in [0.4, 0.5) is 0 Å². The van der Waals surface area contributed by atoms with Gasteiger partial charge in [0, 0.05) is 44.2 Å². The molecule has 0 spiro atoms. The number of rotatable bonds is 7. The third-order valence-electron chi connectivity index (χ3n) is 5.48. The lowest BCUT2D eigenvalue weighted by Gasteiger charge is -2.26. The molecule has 0 atom stereocenters. The normalized spacial score (nSPS) is 18.8. The van der Waals surface area contributed by atoms with Crippen LogP contribution in [0.15, 0.2) is 24.3 Å². The Morgan fingerprint density at radius 2 is 1.70 bits per heavy atom. The van der Waals surface area contributed by atoms with Gasteiger partial charge >= 0.3 is 0 Å². The summed E-state index contributed by atoms with van der Waals surface area (Å²) in [6.45, 7) is 5.40. The minimum absolute atomic E-state index is 0.0546. The van der Waals surface area contributed by atoms with E-state index in [9.17, 15) is 9.59 Å². The number of hydrogen-bond acceptors (Lipinski definition) is 4. The van der Waals surface area contributed by atoms with Crippen molar-refractivity contribution in [1.82, 2.24) is 15.5 Å². The van der Waals surface area contributed by atoms with Crippen molar-refractivity contribution in [1.29, 1.82) is 0 Å². The molecule has 0 aromatic heterocycles. The summed E-state index contributed by atoms with van der Waals surface area (Å²) in [5, 5.41) is 6.00. The zero-order chi connectivity index (χ0) is 18.9. The van der Waals surface area contributed by atoms with Crippen molar-refractivity contribution >= 4 is 11.8 Å². The SMILES string of the molecule is O=C(NCCN1CCOCC1)c1ccc(CNC(=O)C2CCCCC2)cc1. The van der Waals surface area contributed by atoms with Gasteiger partial charge in [-0.1, -0.05) is 31.4 Å². The summed E-state index contributed by atoms with van der Waals surface area (Å²) in [5.41, 5.74) is 1.67. The van der Waals surface area contributed by atoms with Crippen molar-refractivity contribution in [3.63, 3.8) is 0 Å². The highest BCUT2D eigenvalue weighted by Gasteiger charge is 2.20. The molecule has 6 heteroatoms. The smallest absolute Gasteiger partial charge is 0.251 e. The van der Waals surface area contributed by atoms with Gasteiger partial charge in [0.25, 0.3) is 5.91 Å². The van der Waals surface area contributed by atoms with Gasteiger partial charge in [-0.15, -0.1) is 0 Å². The molecule has 2 N–H and O–H groups in total. The summed E-state index contributed by atoms with van der Waals surface area (Å²) in [6, 6.07) is 7.48. The summed E-state index contributed by atoms with van der Waals surface area (Å²) in [6.07, 6.45) is 5.59. The Morgan fingerprint density at radius 3 is 2.41 bits per heavy atom. The molecule has 0 bridgehead atoms. The van der Waals surface area contributed by atoms with Gasteiger partial charge in [0.05, 0.1) is 13.2 Å². The molecule has 2 aliphatic rings. The van der Waals surface area contributed by atoms with Gasteiger partial charge in [-0.3, -0.25) is 14.5 Å². The van der Waals surface area contributed by atoms with Crippen LogP contribution in [0.2, 0.25) is 0 Å². The molecule has 2 fully saturated rings. The molecule has 2 amide bonds. The average Bonchev–Trinajstić information content (AvgIpc) is 2.73. The molecule has 1 aromatic rings. The van der Waals surface area contributed by atoms with Crippen LogP contribution in [0, 0.1) is 5.92 Å². The van der Waals surface area contributed by atoms with Crippen molar-refractivity contribution in [3.8, 4) is 0 Å². The number of morpholine rings is 1. The number of hydrogen-bond donors (Lipinski definition) is 2. The van der Waals surface area contributed by atoms with E-state index < -0.39 is 0 Å². The molecule has 148 valence electrons. The third kappa shape index (κ3) is 6.33. The van der Waals surface area contributed by atoms with Gasteiger partial charge in [0.1, 0.15) is 0 Å². The highest BCUT2D eigenvalue weighted by atomic mass is 16.5. The molecule has 0 unspecified atom stereocenters. The van der Waals surface area contributed by atoms with Crippen LogP contribution in [0.5, 0.6) is 0 Å². The van der Waals surface area contributed by atoms with Crippen molar-refractivity contribution in [3.05, 3.63) is 35.4 Å². The molecule has 1 saturated carbocycles. The zero-order valence-corrected chi connectivity index (χ0v) is 16.0. The molecular formula is C21H31N3O3. The summed E-state index contributed by atoms with van der Waals surface area (Å²) in [4.78, 5) is 26.7. The van der Waals surface area contributed by atoms with Crippen LogP contribution in [-0.4, -0.2) is 56.1 Å². The average molecular weight is 373 g/mol. The monoisotopic (exact) mass is 373 g/mol. The van der Waals surface area contributed by atoms with Gasteiger partial charge in [-0.2, -0.15) is 0 Å². The second-order valence-corrected chi connectivity index (χ2v) is 7.46. The Labute approximate surface area is 161 Å². The van der Waals surface area contributed by atoms with Gasteiger partial charge in [-0.05, 0) is 30.5 Å². The molecule has 1 aliphatic carbocycles. The lowest BCUT2D eigenvalue weighted by molar-refractivity contribution is -0.126. The first kappa shape index (κ1) is 19.8. The largest absolute Gasteiger partial charge is 0.379 e. The lowest BCUT2D eigenvalue weighted by atomic mass is 9.88. The number of nitrogens with zero attached hydrogens (tertiary/aromatic N) is 1. The van der Waals surface area contributed by atoms with Crippen LogP contribution >= 0.6 is 0 Å². The standard InChI is InChI=1S/C21H31N3O3/c25-20(22-10-11-24-12-14-27-15-13-24)19-8-6-17(7-9-19)16-23-21(26)18-4-2-1-3-5-18/h6-9,18H,1-5,10-16H2,(H,22,25)(H,23,26). The van der Waals surface area contributed by atoms with Crippen molar-refractivity contribution in [2.45, 2.75) is 38.6 Å². The maximum Gasteiger partial charge on any atom is 0.251 e. The van der Waals surface area contributed by atoms with E-state index in [-0.39, 0.29) is 17.7 Å². The molecule has 6 nitrogen and oxygen atoms in total. The second-order valence-electron chi connectivity index (χ2n) is 7.46. The first-order valence-electron chi connectivity index (χ1n) is 10.2. The Bertz CT molecular complexity index is 606. The number of carbonyl (C=O) groups excluding carboxylic acids is 2. The topological polar surface area (TPSA) is 70.7 Å². The molecule has 3 rings (SSSR count). The first-order chi connectivity index (χ1) is 13.2. The minimum Gasteiger partial charge on any atom is -0.379 e. The number of amides is 2. The van der Waals surface area contributed by atoms with Gasteiger partial charge in [-0.25, -0.2) is 0 Å². The first-order valence-corrected chi connectivity index (χ1v) is 10.2. The van der Waals surface area contributed by atoms with E-state index in [1.54, 1.807) is 0 Å². The summed E-state index contributed by atoms with van der Waals surface area (Å²) in [7, 11) is 0. The van der Waals surface area contributed by atoms with Crippen LogP contribution in [-0.2, 0) is 16.1 Å². The van der Waals surface area contributed by atoms with E-state index >= 15 is 0 Å². The van der Waals surface area contributed by atoms with E-state index in [0.717, 1.165) is 64.1 Å². The van der Waals surface area contributed by atoms with Crippen LogP contribution in [0.3, 0.4) is 0 Å². The van der Waals surface area contributed by atoms with Crippen molar-refractivity contribution in [2.24, 2.45) is 5.92 Å². The van der Waals surface area contributed by atoms with E-state index in [4.69, 9.17) is 4.74 Å². The van der Waals surface area contributed by atoms with E-state index in [0.29, 0.717) is 18.7 Å². The van der Waals surface area contributed by atoms with Crippen LogP contribution in [0.1, 0.15) is 48.0 Å². The molecule has 1 saturated heterocycles. The fourth-order valence-electron chi connectivity index (χ4n) is 3.73. The van der Waals surface area contributed by atoms with Crippen molar-refractivity contribution in [2.75, 3.05) is 39.4 Å².